The van der Waals surface area contributed by atoms with Crippen LogP contribution in [0.5, 0.6) is 0 Å². The van der Waals surface area contributed by atoms with Gasteiger partial charge >= 0.3 is 5.97 Å². The minimum Gasteiger partial charge on any atom is -0.481 e. The van der Waals surface area contributed by atoms with Crippen molar-refractivity contribution in [2.24, 2.45) is 5.92 Å². The van der Waals surface area contributed by atoms with Crippen LogP contribution in [-0.2, 0) is 14.3 Å². The first-order valence-electron chi connectivity index (χ1n) is 9.32. The predicted octanol–water partition coefficient (Wildman–Crippen LogP) is 3.48. The second kappa shape index (κ2) is 9.67. The molecule has 1 aliphatic carbocycles. The van der Waals surface area contributed by atoms with E-state index in [4.69, 9.17) is 4.74 Å². The number of hydrogen-bond acceptors (Lipinski definition) is 3. The molecule has 1 aliphatic rings. The van der Waals surface area contributed by atoms with E-state index < -0.39 is 23.8 Å². The molecule has 4 unspecified atom stereocenters. The fraction of sp³-hybridized carbons (Fsp3) is 0.600. The van der Waals surface area contributed by atoms with Crippen LogP contribution in [-0.4, -0.2) is 35.7 Å². The Balaban J connectivity index is 1.92. The lowest BCUT2D eigenvalue weighted by Crippen LogP contribution is -2.41. The standard InChI is InChI=1S/C20H28FNO4/c1-3-18(26-16-6-4-5-13(2)11-16)19(23)22-12-17(20(24)25)14-7-9-15(21)10-8-14/h7-10,13,16-18H,3-6,11-12H2,1-2H3,(H,22,23)(H,24,25). The highest BCUT2D eigenvalue weighted by Gasteiger charge is 2.27. The number of carbonyl (C=O) groups is 2. The number of ether oxygens (including phenoxy) is 1. The molecule has 0 spiro atoms. The molecule has 0 radical (unpaired) electrons. The molecule has 0 saturated heterocycles. The van der Waals surface area contributed by atoms with Crippen LogP contribution in [0.2, 0.25) is 0 Å². The van der Waals surface area contributed by atoms with Crippen molar-refractivity contribution in [3.05, 3.63) is 35.6 Å². The molecule has 0 aliphatic heterocycles. The molecule has 1 amide bonds. The molecule has 1 saturated carbocycles. The summed E-state index contributed by atoms with van der Waals surface area (Å²) in [6.45, 7) is 4.02. The van der Waals surface area contributed by atoms with Crippen LogP contribution in [0.1, 0.15) is 57.4 Å². The molecule has 5 nitrogen and oxygen atoms in total. The van der Waals surface area contributed by atoms with Crippen LogP contribution < -0.4 is 5.32 Å². The van der Waals surface area contributed by atoms with E-state index in [2.05, 4.69) is 12.2 Å². The van der Waals surface area contributed by atoms with Crippen LogP contribution in [0.3, 0.4) is 0 Å². The summed E-state index contributed by atoms with van der Waals surface area (Å²) in [4.78, 5) is 24.0. The predicted molar refractivity (Wildman–Crippen MR) is 96.4 cm³/mol. The lowest BCUT2D eigenvalue weighted by molar-refractivity contribution is -0.141. The average molecular weight is 365 g/mol. The van der Waals surface area contributed by atoms with Crippen LogP contribution in [0.4, 0.5) is 4.39 Å². The van der Waals surface area contributed by atoms with Crippen molar-refractivity contribution >= 4 is 11.9 Å². The van der Waals surface area contributed by atoms with E-state index >= 15 is 0 Å². The molecule has 0 bridgehead atoms. The van der Waals surface area contributed by atoms with Gasteiger partial charge in [0.05, 0.1) is 12.0 Å². The highest BCUT2D eigenvalue weighted by molar-refractivity contribution is 5.82. The maximum Gasteiger partial charge on any atom is 0.312 e. The summed E-state index contributed by atoms with van der Waals surface area (Å²) in [6, 6.07) is 5.29. The second-order valence-corrected chi connectivity index (χ2v) is 7.11. The van der Waals surface area contributed by atoms with Crippen molar-refractivity contribution in [2.45, 2.75) is 64.1 Å². The molecule has 1 aromatic carbocycles. The molecule has 6 heteroatoms. The molecular weight excluding hydrogens is 337 g/mol. The van der Waals surface area contributed by atoms with Gasteiger partial charge in [-0.2, -0.15) is 0 Å². The zero-order valence-electron chi connectivity index (χ0n) is 15.4. The summed E-state index contributed by atoms with van der Waals surface area (Å²) in [5, 5.41) is 12.1. The van der Waals surface area contributed by atoms with Gasteiger partial charge in [-0.25, -0.2) is 4.39 Å². The number of benzene rings is 1. The summed E-state index contributed by atoms with van der Waals surface area (Å²) in [7, 11) is 0. The van der Waals surface area contributed by atoms with E-state index in [0.717, 1.165) is 19.3 Å². The average Bonchev–Trinajstić information content (AvgIpc) is 2.61. The fourth-order valence-corrected chi connectivity index (χ4v) is 3.44. The molecule has 2 rings (SSSR count). The minimum absolute atomic E-state index is 0.0548. The molecular formula is C20H28FNO4. The summed E-state index contributed by atoms with van der Waals surface area (Å²) in [5.41, 5.74) is 0.453. The zero-order valence-corrected chi connectivity index (χ0v) is 15.4. The largest absolute Gasteiger partial charge is 0.481 e. The van der Waals surface area contributed by atoms with E-state index in [1.165, 1.54) is 30.7 Å². The topological polar surface area (TPSA) is 75.6 Å². The lowest BCUT2D eigenvalue weighted by Gasteiger charge is -2.30. The first-order valence-corrected chi connectivity index (χ1v) is 9.32. The van der Waals surface area contributed by atoms with Crippen LogP contribution >= 0.6 is 0 Å². The molecule has 4 atom stereocenters. The van der Waals surface area contributed by atoms with E-state index in [0.29, 0.717) is 17.9 Å². The summed E-state index contributed by atoms with van der Waals surface area (Å²) in [5.74, 6) is -2.11. The summed E-state index contributed by atoms with van der Waals surface area (Å²) < 4.78 is 19.0. The van der Waals surface area contributed by atoms with Crippen molar-refractivity contribution < 1.29 is 23.8 Å². The maximum absolute atomic E-state index is 13.0. The summed E-state index contributed by atoms with van der Waals surface area (Å²) >= 11 is 0. The Kier molecular flexibility index (Phi) is 7.57. The van der Waals surface area contributed by atoms with Gasteiger partial charge in [0.15, 0.2) is 0 Å². The third kappa shape index (κ3) is 5.80. The quantitative estimate of drug-likeness (QED) is 0.739. The number of carboxylic acid groups (broad SMARTS) is 1. The molecule has 0 heterocycles. The van der Waals surface area contributed by atoms with E-state index in [9.17, 15) is 19.1 Å². The van der Waals surface area contributed by atoms with Gasteiger partial charge in [0.2, 0.25) is 5.91 Å². The van der Waals surface area contributed by atoms with Crippen molar-refractivity contribution in [3.8, 4) is 0 Å². The van der Waals surface area contributed by atoms with E-state index in [1.54, 1.807) is 0 Å². The number of halogens is 1. The van der Waals surface area contributed by atoms with Crippen molar-refractivity contribution in [1.82, 2.24) is 5.32 Å². The van der Waals surface area contributed by atoms with Gasteiger partial charge in [0.25, 0.3) is 0 Å². The Morgan fingerprint density at radius 2 is 2.00 bits per heavy atom. The number of carbonyl (C=O) groups excluding carboxylic acids is 1. The second-order valence-electron chi connectivity index (χ2n) is 7.11. The molecule has 26 heavy (non-hydrogen) atoms. The first-order chi connectivity index (χ1) is 12.4. The molecule has 0 aromatic heterocycles. The maximum atomic E-state index is 13.0. The summed E-state index contributed by atoms with van der Waals surface area (Å²) in [6.07, 6.45) is 4.26. The Bertz CT molecular complexity index is 604. The van der Waals surface area contributed by atoms with E-state index in [1.807, 2.05) is 6.92 Å². The zero-order chi connectivity index (χ0) is 19.1. The number of amides is 1. The van der Waals surface area contributed by atoms with Crippen LogP contribution in [0.15, 0.2) is 24.3 Å². The Labute approximate surface area is 153 Å². The molecule has 2 N–H and O–H groups in total. The van der Waals surface area contributed by atoms with Crippen LogP contribution in [0.25, 0.3) is 0 Å². The van der Waals surface area contributed by atoms with Gasteiger partial charge in [-0.05, 0) is 42.9 Å². The highest BCUT2D eigenvalue weighted by Crippen LogP contribution is 2.27. The number of hydrogen-bond donors (Lipinski definition) is 2. The number of rotatable bonds is 8. The van der Waals surface area contributed by atoms with Gasteiger partial charge < -0.3 is 15.2 Å². The lowest BCUT2D eigenvalue weighted by atomic mass is 9.88. The normalized spacial score (nSPS) is 22.4. The van der Waals surface area contributed by atoms with Gasteiger partial charge in [-0.1, -0.05) is 38.8 Å². The number of aliphatic carboxylic acids is 1. The molecule has 1 aromatic rings. The Hall–Kier alpha value is -1.95. The van der Waals surface area contributed by atoms with E-state index in [-0.39, 0.29) is 18.6 Å². The third-order valence-corrected chi connectivity index (χ3v) is 4.96. The first kappa shape index (κ1) is 20.4. The smallest absolute Gasteiger partial charge is 0.312 e. The van der Waals surface area contributed by atoms with Gasteiger partial charge in [0, 0.05) is 6.54 Å². The fourth-order valence-electron chi connectivity index (χ4n) is 3.44. The highest BCUT2D eigenvalue weighted by atomic mass is 19.1. The van der Waals surface area contributed by atoms with Crippen molar-refractivity contribution in [2.75, 3.05) is 6.54 Å². The molecule has 1 fully saturated rings. The SMILES string of the molecule is CCC(OC1CCCC(C)C1)C(=O)NCC(C(=O)O)c1ccc(F)cc1. The van der Waals surface area contributed by atoms with Crippen LogP contribution in [0, 0.1) is 11.7 Å². The monoisotopic (exact) mass is 365 g/mol. The van der Waals surface area contributed by atoms with Gasteiger partial charge in [0.1, 0.15) is 11.9 Å². The van der Waals surface area contributed by atoms with Gasteiger partial charge in [-0.3, -0.25) is 9.59 Å². The Morgan fingerprint density at radius 1 is 1.31 bits per heavy atom. The van der Waals surface area contributed by atoms with Crippen molar-refractivity contribution in [1.29, 1.82) is 0 Å². The molecule has 144 valence electrons. The van der Waals surface area contributed by atoms with Crippen molar-refractivity contribution in [3.63, 3.8) is 0 Å². The number of carboxylic acids is 1. The van der Waals surface area contributed by atoms with Gasteiger partial charge in [-0.15, -0.1) is 0 Å². The number of nitrogens with one attached hydrogen (secondary N) is 1. The minimum atomic E-state index is -1.06. The third-order valence-electron chi connectivity index (χ3n) is 4.96. The Morgan fingerprint density at radius 3 is 2.58 bits per heavy atom.